The van der Waals surface area contributed by atoms with Gasteiger partial charge in [-0.05, 0) is 31.5 Å². The molecule has 3 unspecified atom stereocenters. The van der Waals surface area contributed by atoms with E-state index in [0.717, 1.165) is 6.07 Å². The summed E-state index contributed by atoms with van der Waals surface area (Å²) in [5.74, 6) is -5.56. The average molecular weight is 458 g/mol. The van der Waals surface area contributed by atoms with E-state index in [2.05, 4.69) is 0 Å². The first-order valence-electron chi connectivity index (χ1n) is 9.87. The third-order valence-electron chi connectivity index (χ3n) is 6.16. The number of hydrogen-bond acceptors (Lipinski definition) is 8. The van der Waals surface area contributed by atoms with Gasteiger partial charge in [-0.3, -0.25) is 19.7 Å². The minimum absolute atomic E-state index is 0.00162. The number of nitro groups is 1. The molecule has 3 atom stereocenters. The molecule has 2 N–H and O–H groups in total. The number of carbonyl (C=O) groups excluding carboxylic acids is 1. The molecule has 1 aromatic heterocycles. The van der Waals surface area contributed by atoms with Gasteiger partial charge in [-0.15, -0.1) is 0 Å². The molecule has 0 bridgehead atoms. The average Bonchev–Trinajstić information content (AvgIpc) is 3.29. The Morgan fingerprint density at radius 1 is 1.24 bits per heavy atom. The maximum absolute atomic E-state index is 13.5. The van der Waals surface area contributed by atoms with E-state index in [1.165, 1.54) is 56.3 Å². The number of non-ortho nitro benzene ring substituents is 1. The predicted molar refractivity (Wildman–Crippen MR) is 112 cm³/mol. The van der Waals surface area contributed by atoms with E-state index >= 15 is 0 Å². The lowest BCUT2D eigenvalue weighted by molar-refractivity contribution is -0.384. The van der Waals surface area contributed by atoms with Crippen molar-refractivity contribution in [1.82, 2.24) is 4.90 Å². The van der Waals surface area contributed by atoms with Crippen molar-refractivity contribution in [2.24, 2.45) is 5.41 Å². The quantitative estimate of drug-likeness (QED) is 0.273. The van der Waals surface area contributed by atoms with Gasteiger partial charge in [0.1, 0.15) is 12.4 Å². The summed E-state index contributed by atoms with van der Waals surface area (Å²) in [6.07, 6.45) is 1.35. The Bertz CT molecular complexity index is 1140. The third-order valence-corrected chi connectivity index (χ3v) is 6.16. The number of nitro benzene ring substituents is 1. The number of benzene rings is 1. The number of ether oxygens (including phenoxy) is 1. The number of furan rings is 1. The maximum atomic E-state index is 13.5. The lowest BCUT2D eigenvalue weighted by Crippen LogP contribution is -2.61. The Morgan fingerprint density at radius 2 is 1.94 bits per heavy atom. The number of esters is 1. The molecule has 1 aliphatic heterocycles. The Labute approximate surface area is 188 Å². The molecule has 0 saturated heterocycles. The van der Waals surface area contributed by atoms with Crippen LogP contribution in [0.2, 0.25) is 0 Å². The summed E-state index contributed by atoms with van der Waals surface area (Å²) in [4.78, 5) is 50.7. The van der Waals surface area contributed by atoms with Gasteiger partial charge in [-0.25, -0.2) is 4.79 Å². The number of rotatable bonds is 7. The van der Waals surface area contributed by atoms with Gasteiger partial charge in [0, 0.05) is 30.8 Å². The Hall–Kier alpha value is -4.15. The summed E-state index contributed by atoms with van der Waals surface area (Å²) >= 11 is 0. The van der Waals surface area contributed by atoms with Gasteiger partial charge >= 0.3 is 17.9 Å². The fourth-order valence-electron chi connectivity index (χ4n) is 4.32. The topological polar surface area (TPSA) is 160 Å². The number of hydrogen-bond donors (Lipinski definition) is 2. The van der Waals surface area contributed by atoms with Crippen LogP contribution >= 0.6 is 0 Å². The number of aliphatic carboxylic acids is 2. The van der Waals surface area contributed by atoms with Crippen molar-refractivity contribution in [2.45, 2.75) is 32.4 Å². The minimum atomic E-state index is -2.43. The lowest BCUT2D eigenvalue weighted by atomic mass is 9.61. The van der Waals surface area contributed by atoms with Crippen molar-refractivity contribution in [3.63, 3.8) is 0 Å². The smallest absolute Gasteiger partial charge is 0.334 e. The van der Waals surface area contributed by atoms with Crippen molar-refractivity contribution in [1.29, 1.82) is 0 Å². The Morgan fingerprint density at radius 3 is 2.48 bits per heavy atom. The van der Waals surface area contributed by atoms with Crippen molar-refractivity contribution >= 4 is 23.6 Å². The molecule has 1 aromatic carbocycles. The standard InChI is InChI=1S/C22H22N2O9/c1-12-17(19(25)26)18(14-6-4-7-15(10-14)24(30)31)22(20(27)28,13(2)23(12)3)21(29)33-11-16-8-5-9-32-16/h4-10,13,18H,11H2,1-3H3,(H,25,26)(H,27,28). The maximum Gasteiger partial charge on any atom is 0.334 e. The zero-order valence-corrected chi connectivity index (χ0v) is 18.0. The predicted octanol–water partition coefficient (Wildman–Crippen LogP) is 2.78. The van der Waals surface area contributed by atoms with Gasteiger partial charge in [-0.2, -0.15) is 0 Å². The summed E-state index contributed by atoms with van der Waals surface area (Å²) in [7, 11) is 1.48. The van der Waals surface area contributed by atoms with E-state index in [9.17, 15) is 34.7 Å². The zero-order chi connectivity index (χ0) is 24.5. The zero-order valence-electron chi connectivity index (χ0n) is 18.0. The molecule has 2 heterocycles. The van der Waals surface area contributed by atoms with Crippen LogP contribution in [0.25, 0.3) is 0 Å². The number of carboxylic acids is 2. The normalized spacial score (nSPS) is 22.7. The molecule has 0 saturated carbocycles. The molecular formula is C22H22N2O9. The second-order valence-corrected chi connectivity index (χ2v) is 7.71. The molecule has 0 aliphatic carbocycles. The Kier molecular flexibility index (Phi) is 6.25. The van der Waals surface area contributed by atoms with Crippen molar-refractivity contribution in [3.8, 4) is 0 Å². The van der Waals surface area contributed by atoms with E-state index in [1.54, 1.807) is 6.07 Å². The van der Waals surface area contributed by atoms with Crippen LogP contribution in [0.5, 0.6) is 0 Å². The first-order valence-corrected chi connectivity index (χ1v) is 9.87. The van der Waals surface area contributed by atoms with Crippen LogP contribution in [0, 0.1) is 15.5 Å². The molecule has 11 heteroatoms. The monoisotopic (exact) mass is 458 g/mol. The minimum Gasteiger partial charge on any atom is -0.480 e. The molecular weight excluding hydrogens is 436 g/mol. The molecule has 3 rings (SSSR count). The first kappa shape index (κ1) is 23.5. The molecule has 2 aromatic rings. The lowest BCUT2D eigenvalue weighted by Gasteiger charge is -2.48. The van der Waals surface area contributed by atoms with Crippen LogP contribution in [0.3, 0.4) is 0 Å². The number of nitrogens with zero attached hydrogens (tertiary/aromatic N) is 2. The molecule has 0 fully saturated rings. The summed E-state index contributed by atoms with van der Waals surface area (Å²) in [5, 5.41) is 31.8. The van der Waals surface area contributed by atoms with Crippen LogP contribution in [-0.2, 0) is 25.7 Å². The third kappa shape index (κ3) is 3.81. The van der Waals surface area contributed by atoms with Gasteiger partial charge < -0.3 is 24.3 Å². The largest absolute Gasteiger partial charge is 0.480 e. The second-order valence-electron chi connectivity index (χ2n) is 7.71. The highest BCUT2D eigenvalue weighted by Gasteiger charge is 2.64. The first-order chi connectivity index (χ1) is 15.5. The van der Waals surface area contributed by atoms with Gasteiger partial charge in [-0.1, -0.05) is 12.1 Å². The number of allylic oxidation sites excluding steroid dienone is 1. The molecule has 174 valence electrons. The molecule has 11 nitrogen and oxygen atoms in total. The summed E-state index contributed by atoms with van der Waals surface area (Å²) in [6, 6.07) is 6.98. The second kappa shape index (κ2) is 8.77. The van der Waals surface area contributed by atoms with Crippen LogP contribution in [0.15, 0.2) is 58.3 Å². The molecule has 1 aliphatic rings. The van der Waals surface area contributed by atoms with Crippen LogP contribution in [0.4, 0.5) is 5.69 Å². The van der Waals surface area contributed by atoms with Crippen molar-refractivity contribution < 1.29 is 38.7 Å². The van der Waals surface area contributed by atoms with Gasteiger partial charge in [0.25, 0.3) is 5.69 Å². The van der Waals surface area contributed by atoms with E-state index < -0.39 is 40.2 Å². The van der Waals surface area contributed by atoms with Gasteiger partial charge in [0.15, 0.2) is 5.41 Å². The van der Waals surface area contributed by atoms with Crippen LogP contribution in [0.1, 0.15) is 31.1 Å². The van der Waals surface area contributed by atoms with Crippen molar-refractivity contribution in [2.75, 3.05) is 7.05 Å². The summed E-state index contributed by atoms with van der Waals surface area (Å²) in [5.41, 5.74) is -2.94. The fraction of sp³-hybridized carbons (Fsp3) is 0.318. The van der Waals surface area contributed by atoms with E-state index in [1.807, 2.05) is 0 Å². The Balaban J connectivity index is 2.27. The van der Waals surface area contributed by atoms with Gasteiger partial charge in [0.05, 0.1) is 22.8 Å². The molecule has 0 radical (unpaired) electrons. The van der Waals surface area contributed by atoms with E-state index in [-0.39, 0.29) is 34.9 Å². The summed E-state index contributed by atoms with van der Waals surface area (Å²) < 4.78 is 10.4. The highest BCUT2D eigenvalue weighted by Crippen LogP contribution is 2.52. The molecule has 0 spiro atoms. The molecule has 33 heavy (non-hydrogen) atoms. The summed E-state index contributed by atoms with van der Waals surface area (Å²) in [6.45, 7) is 2.59. The number of carbonyl (C=O) groups is 3. The van der Waals surface area contributed by atoms with Gasteiger partial charge in [0.2, 0.25) is 0 Å². The number of carboxylic acid groups (broad SMARTS) is 2. The van der Waals surface area contributed by atoms with Crippen LogP contribution in [-0.4, -0.2) is 51.0 Å². The van der Waals surface area contributed by atoms with E-state index in [4.69, 9.17) is 9.15 Å². The fourth-order valence-corrected chi connectivity index (χ4v) is 4.32. The highest BCUT2D eigenvalue weighted by atomic mass is 16.6. The van der Waals surface area contributed by atoms with Crippen molar-refractivity contribution in [3.05, 3.63) is 75.4 Å². The van der Waals surface area contributed by atoms with E-state index in [0.29, 0.717) is 0 Å². The highest BCUT2D eigenvalue weighted by molar-refractivity contribution is 6.05. The SMILES string of the molecule is CC1=C(C(=O)O)C(c2cccc([N+](=O)[O-])c2)C(C(=O)O)(C(=O)OCc2ccco2)C(C)N1C. The molecule has 0 amide bonds. The van der Waals surface area contributed by atoms with Crippen LogP contribution < -0.4 is 0 Å².